The predicted octanol–water partition coefficient (Wildman–Crippen LogP) is 2.84. The molecule has 0 fully saturated rings. The van der Waals surface area contributed by atoms with E-state index in [2.05, 4.69) is 15.5 Å². The highest BCUT2D eigenvalue weighted by Gasteiger charge is 2.20. The Morgan fingerprint density at radius 2 is 2.12 bits per heavy atom. The smallest absolute Gasteiger partial charge is 0.303 e. The molecule has 2 N–H and O–H groups in total. The van der Waals surface area contributed by atoms with Gasteiger partial charge >= 0.3 is 5.97 Å². The largest absolute Gasteiger partial charge is 0.481 e. The summed E-state index contributed by atoms with van der Waals surface area (Å²) in [5.41, 5.74) is 0.121. The van der Waals surface area contributed by atoms with E-state index in [0.717, 1.165) is 0 Å². The normalized spacial score (nSPS) is 11.3. The molecule has 94 valence electrons. The highest BCUT2D eigenvalue weighted by atomic mass is 35.5. The number of hydrogen-bond donors (Lipinski definition) is 2. The van der Waals surface area contributed by atoms with Gasteiger partial charge in [0, 0.05) is 18.0 Å². The van der Waals surface area contributed by atoms with Gasteiger partial charge in [-0.3, -0.25) is 4.79 Å². The molecule has 1 aromatic rings. The van der Waals surface area contributed by atoms with Crippen LogP contribution >= 0.6 is 23.2 Å². The fourth-order valence-corrected chi connectivity index (χ4v) is 1.57. The molecular weight excluding hydrogens is 265 g/mol. The second-order valence-electron chi connectivity index (χ2n) is 4.27. The maximum absolute atomic E-state index is 10.5. The molecule has 0 saturated carbocycles. The Balaban J connectivity index is 2.74. The average molecular weight is 278 g/mol. The van der Waals surface area contributed by atoms with Gasteiger partial charge in [0.15, 0.2) is 10.3 Å². The van der Waals surface area contributed by atoms with E-state index in [0.29, 0.717) is 12.1 Å². The molecular formula is C10H13Cl2N3O2. The standard InChI is InChI=1S/C10H13Cl2N3O2/c1-10(2,4-3-8(16)17)13-6-5-7(11)14-15-9(6)12/h5H,3-4H2,1-2H3,(H,13,14)(H,16,17). The number of nitrogens with zero attached hydrogens (tertiary/aromatic N) is 2. The molecule has 0 saturated heterocycles. The summed E-state index contributed by atoms with van der Waals surface area (Å²) in [4.78, 5) is 10.5. The number of carboxylic acid groups (broad SMARTS) is 1. The third kappa shape index (κ3) is 4.75. The third-order valence-electron chi connectivity index (χ3n) is 2.16. The van der Waals surface area contributed by atoms with Crippen LogP contribution in [0.15, 0.2) is 6.07 Å². The van der Waals surface area contributed by atoms with E-state index < -0.39 is 11.5 Å². The molecule has 0 amide bonds. The van der Waals surface area contributed by atoms with Gasteiger partial charge in [0.25, 0.3) is 0 Å². The van der Waals surface area contributed by atoms with Gasteiger partial charge in [0.1, 0.15) is 0 Å². The molecule has 0 atom stereocenters. The van der Waals surface area contributed by atoms with Crippen LogP contribution in [0.3, 0.4) is 0 Å². The van der Waals surface area contributed by atoms with Gasteiger partial charge in [-0.1, -0.05) is 23.2 Å². The van der Waals surface area contributed by atoms with Crippen molar-refractivity contribution in [3.8, 4) is 0 Å². The maximum atomic E-state index is 10.5. The molecule has 0 aliphatic heterocycles. The lowest BCUT2D eigenvalue weighted by Gasteiger charge is -2.27. The van der Waals surface area contributed by atoms with Gasteiger partial charge in [-0.15, -0.1) is 10.2 Å². The molecule has 5 nitrogen and oxygen atoms in total. The Kier molecular flexibility index (Phi) is 4.54. The zero-order valence-electron chi connectivity index (χ0n) is 9.50. The van der Waals surface area contributed by atoms with Gasteiger partial charge in [0.2, 0.25) is 0 Å². The van der Waals surface area contributed by atoms with Crippen LogP contribution in [0.1, 0.15) is 26.7 Å². The molecule has 7 heteroatoms. The number of hydrogen-bond acceptors (Lipinski definition) is 4. The number of aliphatic carboxylic acids is 1. The van der Waals surface area contributed by atoms with E-state index in [-0.39, 0.29) is 16.7 Å². The van der Waals surface area contributed by atoms with Gasteiger partial charge in [-0.05, 0) is 20.3 Å². The Morgan fingerprint density at radius 1 is 1.47 bits per heavy atom. The maximum Gasteiger partial charge on any atom is 0.303 e. The van der Waals surface area contributed by atoms with E-state index in [9.17, 15) is 4.79 Å². The monoisotopic (exact) mass is 277 g/mol. The van der Waals surface area contributed by atoms with Crippen LogP contribution in [0.5, 0.6) is 0 Å². The van der Waals surface area contributed by atoms with Crippen molar-refractivity contribution in [1.29, 1.82) is 0 Å². The summed E-state index contributed by atoms with van der Waals surface area (Å²) in [5, 5.41) is 19.4. The van der Waals surface area contributed by atoms with Crippen molar-refractivity contribution in [2.45, 2.75) is 32.2 Å². The SMILES string of the molecule is CC(C)(CCC(=O)O)Nc1cc(Cl)nnc1Cl. The van der Waals surface area contributed by atoms with Crippen molar-refractivity contribution in [3.63, 3.8) is 0 Å². The van der Waals surface area contributed by atoms with Crippen LogP contribution < -0.4 is 5.32 Å². The topological polar surface area (TPSA) is 75.1 Å². The molecule has 0 spiro atoms. The molecule has 1 aromatic heterocycles. The van der Waals surface area contributed by atoms with Crippen molar-refractivity contribution < 1.29 is 9.90 Å². The summed E-state index contributed by atoms with van der Waals surface area (Å²) in [6.45, 7) is 3.75. The number of carbonyl (C=O) groups is 1. The first-order valence-corrected chi connectivity index (χ1v) is 5.74. The minimum atomic E-state index is -0.836. The number of carboxylic acids is 1. The van der Waals surface area contributed by atoms with E-state index in [1.807, 2.05) is 13.8 Å². The van der Waals surface area contributed by atoms with Gasteiger partial charge in [-0.25, -0.2) is 0 Å². The number of aromatic nitrogens is 2. The van der Waals surface area contributed by atoms with Gasteiger partial charge in [-0.2, -0.15) is 0 Å². The minimum absolute atomic E-state index is 0.0733. The third-order valence-corrected chi connectivity index (χ3v) is 2.62. The van der Waals surface area contributed by atoms with Crippen molar-refractivity contribution in [3.05, 3.63) is 16.4 Å². The molecule has 0 radical (unpaired) electrons. The van der Waals surface area contributed by atoms with Crippen molar-refractivity contribution in [1.82, 2.24) is 10.2 Å². The Hall–Kier alpha value is -1.07. The lowest BCUT2D eigenvalue weighted by Crippen LogP contribution is -2.31. The minimum Gasteiger partial charge on any atom is -0.481 e. The highest BCUT2D eigenvalue weighted by molar-refractivity contribution is 6.33. The Bertz CT molecular complexity index is 424. The van der Waals surface area contributed by atoms with E-state index in [4.69, 9.17) is 28.3 Å². The second kappa shape index (κ2) is 5.51. The molecule has 0 unspecified atom stereocenters. The number of anilines is 1. The molecule has 1 heterocycles. The first-order chi connectivity index (χ1) is 7.80. The number of rotatable bonds is 5. The summed E-state index contributed by atoms with van der Waals surface area (Å²) in [5.74, 6) is -0.836. The Morgan fingerprint density at radius 3 is 2.71 bits per heavy atom. The van der Waals surface area contributed by atoms with Crippen LogP contribution in [-0.4, -0.2) is 26.8 Å². The average Bonchev–Trinajstić information content (AvgIpc) is 2.20. The molecule has 0 aliphatic rings. The van der Waals surface area contributed by atoms with Crippen molar-refractivity contribution in [2.24, 2.45) is 0 Å². The van der Waals surface area contributed by atoms with Crippen LogP contribution in [0.2, 0.25) is 10.3 Å². The first-order valence-electron chi connectivity index (χ1n) is 4.99. The van der Waals surface area contributed by atoms with Gasteiger partial charge < -0.3 is 10.4 Å². The predicted molar refractivity (Wildman–Crippen MR) is 66.6 cm³/mol. The summed E-state index contributed by atoms with van der Waals surface area (Å²) in [6.07, 6.45) is 0.530. The van der Waals surface area contributed by atoms with Crippen LogP contribution in [0.25, 0.3) is 0 Å². The van der Waals surface area contributed by atoms with Crippen molar-refractivity contribution >= 4 is 34.9 Å². The molecule has 17 heavy (non-hydrogen) atoms. The van der Waals surface area contributed by atoms with Crippen LogP contribution in [-0.2, 0) is 4.79 Å². The number of nitrogens with one attached hydrogen (secondary N) is 1. The van der Waals surface area contributed by atoms with E-state index in [1.54, 1.807) is 6.07 Å². The fraction of sp³-hybridized carbons (Fsp3) is 0.500. The van der Waals surface area contributed by atoms with Crippen molar-refractivity contribution in [2.75, 3.05) is 5.32 Å². The van der Waals surface area contributed by atoms with E-state index >= 15 is 0 Å². The lowest BCUT2D eigenvalue weighted by molar-refractivity contribution is -0.137. The molecule has 0 aliphatic carbocycles. The van der Waals surface area contributed by atoms with Gasteiger partial charge in [0.05, 0.1) is 5.69 Å². The Labute approximate surface area is 109 Å². The van der Waals surface area contributed by atoms with Crippen LogP contribution in [0.4, 0.5) is 5.69 Å². The summed E-state index contributed by atoms with van der Waals surface area (Å²) in [6, 6.07) is 1.55. The summed E-state index contributed by atoms with van der Waals surface area (Å²) in [7, 11) is 0. The lowest BCUT2D eigenvalue weighted by atomic mass is 9.98. The zero-order chi connectivity index (χ0) is 13.1. The van der Waals surface area contributed by atoms with Crippen LogP contribution in [0, 0.1) is 0 Å². The molecule has 1 rings (SSSR count). The number of halogens is 2. The first kappa shape index (κ1) is 14.0. The summed E-state index contributed by atoms with van der Waals surface area (Å²) >= 11 is 11.6. The second-order valence-corrected chi connectivity index (χ2v) is 5.02. The van der Waals surface area contributed by atoms with E-state index in [1.165, 1.54) is 0 Å². The highest BCUT2D eigenvalue weighted by Crippen LogP contribution is 2.26. The quantitative estimate of drug-likeness (QED) is 0.866. The zero-order valence-corrected chi connectivity index (χ0v) is 11.0. The fourth-order valence-electron chi connectivity index (χ4n) is 1.29. The molecule has 0 bridgehead atoms. The molecule has 0 aromatic carbocycles. The summed E-state index contributed by atoms with van der Waals surface area (Å²) < 4.78 is 0.